The van der Waals surface area contributed by atoms with Crippen LogP contribution in [0.3, 0.4) is 0 Å². The number of nitrogens with zero attached hydrogens (tertiary/aromatic N) is 2. The van der Waals surface area contributed by atoms with E-state index >= 15 is 0 Å². The first-order valence-electron chi connectivity index (χ1n) is 7.92. The van der Waals surface area contributed by atoms with Gasteiger partial charge in [0.2, 0.25) is 0 Å². The summed E-state index contributed by atoms with van der Waals surface area (Å²) in [5.41, 5.74) is 0.570. The molecule has 0 spiro atoms. The van der Waals surface area contributed by atoms with Gasteiger partial charge in [0, 0.05) is 14.1 Å². The molecule has 0 saturated heterocycles. The number of amides is 1. The minimum absolute atomic E-state index is 0.00968. The molecule has 0 aromatic heterocycles. The van der Waals surface area contributed by atoms with Gasteiger partial charge in [-0.3, -0.25) is 4.79 Å². The summed E-state index contributed by atoms with van der Waals surface area (Å²) < 4.78 is 16.4. The maximum atomic E-state index is 12.0. The van der Waals surface area contributed by atoms with Crippen LogP contribution in [0.1, 0.15) is 19.4 Å². The number of likely N-dealkylation sites (N-methyl/N-ethyl adjacent to an activating group) is 1. The van der Waals surface area contributed by atoms with Crippen molar-refractivity contribution in [3.63, 3.8) is 0 Å². The second-order valence-corrected chi connectivity index (χ2v) is 6.08. The predicted octanol–water partition coefficient (Wildman–Crippen LogP) is 2.78. The van der Waals surface area contributed by atoms with Crippen molar-refractivity contribution in [1.29, 1.82) is 5.26 Å². The Bertz CT molecular complexity index is 738. The molecule has 0 aliphatic rings. The highest BCUT2D eigenvalue weighted by atomic mass is 79.9. The van der Waals surface area contributed by atoms with Gasteiger partial charge >= 0.3 is 5.97 Å². The third-order valence-corrected chi connectivity index (χ3v) is 3.63. The summed E-state index contributed by atoms with van der Waals surface area (Å²) in [6.45, 7) is 3.90. The van der Waals surface area contributed by atoms with Crippen molar-refractivity contribution < 1.29 is 23.8 Å². The largest absolute Gasteiger partial charge is 0.490 e. The highest BCUT2D eigenvalue weighted by molar-refractivity contribution is 9.10. The van der Waals surface area contributed by atoms with Gasteiger partial charge in [-0.1, -0.05) is 0 Å². The summed E-state index contributed by atoms with van der Waals surface area (Å²) in [5, 5.41) is 9.21. The molecule has 0 N–H and O–H groups in total. The van der Waals surface area contributed by atoms with E-state index in [1.807, 2.05) is 13.0 Å². The molecule has 140 valence electrons. The molecular formula is C18H21BrN2O5. The Labute approximate surface area is 161 Å². The van der Waals surface area contributed by atoms with Crippen molar-refractivity contribution in [1.82, 2.24) is 4.90 Å². The lowest BCUT2D eigenvalue weighted by Crippen LogP contribution is -2.22. The maximum absolute atomic E-state index is 12.0. The van der Waals surface area contributed by atoms with E-state index in [9.17, 15) is 14.9 Å². The molecule has 0 atom stereocenters. The van der Waals surface area contributed by atoms with E-state index in [0.29, 0.717) is 28.1 Å². The van der Waals surface area contributed by atoms with Crippen molar-refractivity contribution in [3.8, 4) is 17.6 Å². The average molecular weight is 425 g/mol. The summed E-state index contributed by atoms with van der Waals surface area (Å²) in [4.78, 5) is 24.8. The van der Waals surface area contributed by atoms with Gasteiger partial charge < -0.3 is 19.1 Å². The molecule has 0 fully saturated rings. The third kappa shape index (κ3) is 6.08. The molecule has 0 radical (unpaired) electrons. The summed E-state index contributed by atoms with van der Waals surface area (Å²) in [6, 6.07) is 5.20. The Balaban J connectivity index is 3.20. The van der Waals surface area contributed by atoms with Crippen LogP contribution in [0.2, 0.25) is 0 Å². The molecule has 1 amide bonds. The van der Waals surface area contributed by atoms with Crippen LogP contribution in [-0.2, 0) is 14.3 Å². The van der Waals surface area contributed by atoms with Crippen LogP contribution in [0.5, 0.6) is 11.5 Å². The van der Waals surface area contributed by atoms with Crippen molar-refractivity contribution in [2.24, 2.45) is 0 Å². The monoisotopic (exact) mass is 424 g/mol. The molecule has 0 bridgehead atoms. The van der Waals surface area contributed by atoms with Crippen molar-refractivity contribution >= 4 is 33.9 Å². The number of esters is 1. The Kier molecular flexibility index (Phi) is 8.65. The number of hydrogen-bond acceptors (Lipinski definition) is 6. The first-order valence-corrected chi connectivity index (χ1v) is 8.71. The van der Waals surface area contributed by atoms with Gasteiger partial charge in [-0.05, 0) is 53.5 Å². The highest BCUT2D eigenvalue weighted by Crippen LogP contribution is 2.37. The van der Waals surface area contributed by atoms with Crippen LogP contribution in [-0.4, -0.2) is 50.7 Å². The number of carbonyl (C=O) groups excluding carboxylic acids is 2. The van der Waals surface area contributed by atoms with Crippen molar-refractivity contribution in [2.45, 2.75) is 13.8 Å². The average Bonchev–Trinajstić information content (AvgIpc) is 2.58. The van der Waals surface area contributed by atoms with Gasteiger partial charge in [0.25, 0.3) is 5.91 Å². The molecule has 26 heavy (non-hydrogen) atoms. The number of rotatable bonds is 8. The number of benzene rings is 1. The fourth-order valence-corrected chi connectivity index (χ4v) is 2.53. The van der Waals surface area contributed by atoms with Gasteiger partial charge in [-0.25, -0.2) is 4.79 Å². The molecule has 0 unspecified atom stereocenters. The van der Waals surface area contributed by atoms with Crippen LogP contribution in [0.25, 0.3) is 6.08 Å². The van der Waals surface area contributed by atoms with E-state index in [-0.39, 0.29) is 18.8 Å². The predicted molar refractivity (Wildman–Crippen MR) is 99.7 cm³/mol. The Hall–Kier alpha value is -2.53. The van der Waals surface area contributed by atoms with Gasteiger partial charge in [0.15, 0.2) is 18.1 Å². The normalized spacial score (nSPS) is 10.7. The Morgan fingerprint density at radius 2 is 1.92 bits per heavy atom. The van der Waals surface area contributed by atoms with Crippen molar-refractivity contribution in [2.75, 3.05) is 33.9 Å². The van der Waals surface area contributed by atoms with Crippen LogP contribution < -0.4 is 9.47 Å². The first-order chi connectivity index (χ1) is 12.3. The fraction of sp³-hybridized carbons (Fsp3) is 0.389. The Morgan fingerprint density at radius 3 is 2.46 bits per heavy atom. The molecule has 1 aromatic rings. The standard InChI is InChI=1S/C18H21BrN2O5/c1-5-24-15-9-12(7-13(10-20)18(23)21(3)4)8-14(19)17(15)26-11-16(22)25-6-2/h7-9H,5-6,11H2,1-4H3/b13-7-. The highest BCUT2D eigenvalue weighted by Gasteiger charge is 2.16. The number of hydrogen-bond donors (Lipinski definition) is 0. The van der Waals surface area contributed by atoms with Crippen LogP contribution in [0, 0.1) is 11.3 Å². The second kappa shape index (κ2) is 10.5. The molecule has 8 heteroatoms. The van der Waals surface area contributed by atoms with Gasteiger partial charge in [-0.2, -0.15) is 5.26 Å². The zero-order valence-electron chi connectivity index (χ0n) is 15.2. The van der Waals surface area contributed by atoms with E-state index in [2.05, 4.69) is 15.9 Å². The lowest BCUT2D eigenvalue weighted by Gasteiger charge is -2.14. The zero-order chi connectivity index (χ0) is 19.7. The topological polar surface area (TPSA) is 88.9 Å². The van der Waals surface area contributed by atoms with Gasteiger partial charge in [0.05, 0.1) is 17.7 Å². The Morgan fingerprint density at radius 1 is 1.23 bits per heavy atom. The SMILES string of the molecule is CCOC(=O)COc1c(Br)cc(/C=C(/C#N)C(=O)N(C)C)cc1OCC. The number of halogens is 1. The maximum Gasteiger partial charge on any atom is 0.344 e. The fourth-order valence-electron chi connectivity index (χ4n) is 1.96. The molecule has 0 heterocycles. The quantitative estimate of drug-likeness (QED) is 0.362. The third-order valence-electron chi connectivity index (χ3n) is 3.04. The number of ether oxygens (including phenoxy) is 3. The first kappa shape index (κ1) is 21.5. The van der Waals surface area contributed by atoms with E-state index in [1.54, 1.807) is 33.2 Å². The zero-order valence-corrected chi connectivity index (χ0v) is 16.8. The second-order valence-electron chi connectivity index (χ2n) is 5.23. The lowest BCUT2D eigenvalue weighted by atomic mass is 10.1. The van der Waals surface area contributed by atoms with E-state index in [0.717, 1.165) is 0 Å². The molecule has 1 rings (SSSR count). The molecular weight excluding hydrogens is 404 g/mol. The molecule has 0 saturated carbocycles. The molecule has 7 nitrogen and oxygen atoms in total. The lowest BCUT2D eigenvalue weighted by molar-refractivity contribution is -0.145. The number of nitriles is 1. The van der Waals surface area contributed by atoms with Crippen molar-refractivity contribution in [3.05, 3.63) is 27.7 Å². The van der Waals surface area contributed by atoms with Crippen LogP contribution >= 0.6 is 15.9 Å². The van der Waals surface area contributed by atoms with Crippen LogP contribution in [0.15, 0.2) is 22.2 Å². The minimum Gasteiger partial charge on any atom is -0.490 e. The van der Waals surface area contributed by atoms with E-state index < -0.39 is 11.9 Å². The summed E-state index contributed by atoms with van der Waals surface area (Å²) in [7, 11) is 3.14. The van der Waals surface area contributed by atoms with E-state index in [4.69, 9.17) is 14.2 Å². The smallest absolute Gasteiger partial charge is 0.344 e. The number of carbonyl (C=O) groups is 2. The summed E-state index contributed by atoms with van der Waals surface area (Å²) in [5.74, 6) is -0.167. The van der Waals surface area contributed by atoms with Crippen LogP contribution in [0.4, 0.5) is 0 Å². The van der Waals surface area contributed by atoms with Gasteiger partial charge in [-0.15, -0.1) is 0 Å². The molecule has 0 aliphatic heterocycles. The summed E-state index contributed by atoms with van der Waals surface area (Å²) in [6.07, 6.45) is 1.46. The summed E-state index contributed by atoms with van der Waals surface area (Å²) >= 11 is 3.37. The van der Waals surface area contributed by atoms with Gasteiger partial charge in [0.1, 0.15) is 11.6 Å². The van der Waals surface area contributed by atoms with E-state index in [1.165, 1.54) is 11.0 Å². The minimum atomic E-state index is -0.492. The molecule has 1 aromatic carbocycles. The molecule has 0 aliphatic carbocycles.